The second-order valence-corrected chi connectivity index (χ2v) is 28.4. The van der Waals surface area contributed by atoms with Gasteiger partial charge in [0, 0.05) is 51.1 Å². The van der Waals surface area contributed by atoms with Crippen LogP contribution in [0.4, 0.5) is 0 Å². The summed E-state index contributed by atoms with van der Waals surface area (Å²) in [7, 11) is 0. The van der Waals surface area contributed by atoms with E-state index in [0.717, 1.165) is 103 Å². The van der Waals surface area contributed by atoms with Crippen molar-refractivity contribution in [1.82, 2.24) is 9.80 Å². The first-order valence-electron chi connectivity index (χ1n) is 31.6. The summed E-state index contributed by atoms with van der Waals surface area (Å²) in [5, 5.41) is 0. The Morgan fingerprint density at radius 3 is 1.71 bits per heavy atom. The number of allylic oxidation sites excluding steroid dienone is 32. The van der Waals surface area contributed by atoms with Crippen molar-refractivity contribution in [2.45, 2.75) is 209 Å². The molecule has 0 radical (unpaired) electrons. The lowest BCUT2D eigenvalue weighted by Crippen LogP contribution is -2.60. The maximum absolute atomic E-state index is 3.07. The van der Waals surface area contributed by atoms with Crippen LogP contribution in [0.2, 0.25) is 5.82 Å². The number of nitrogens with zero attached hydrogens (tertiary/aromatic N) is 2. The molecule has 2 heterocycles. The van der Waals surface area contributed by atoms with E-state index in [4.69, 9.17) is 0 Å². The van der Waals surface area contributed by atoms with Crippen LogP contribution in [-0.2, 0) is 0 Å². The van der Waals surface area contributed by atoms with Crippen LogP contribution in [-0.4, -0.2) is 28.6 Å². The quantitative estimate of drug-likeness (QED) is 0.142. The molecule has 0 aromatic heterocycles. The number of hydrogen-bond acceptors (Lipinski definition) is 2. The summed E-state index contributed by atoms with van der Waals surface area (Å²) >= 11 is 0. The van der Waals surface area contributed by atoms with Gasteiger partial charge in [0.15, 0.2) is 0 Å². The third-order valence-electron chi connectivity index (χ3n) is 22.6. The average Bonchev–Trinajstić information content (AvgIpc) is 3.58. The van der Waals surface area contributed by atoms with Gasteiger partial charge in [-0.15, -0.1) is 0 Å². The first-order valence-corrected chi connectivity index (χ1v) is 31.6. The Labute approximate surface area is 474 Å². The van der Waals surface area contributed by atoms with Crippen molar-refractivity contribution in [3.63, 3.8) is 0 Å². The van der Waals surface area contributed by atoms with Crippen LogP contribution in [0.15, 0.2) is 212 Å². The molecule has 408 valence electrons. The Morgan fingerprint density at radius 1 is 0.500 bits per heavy atom. The Hall–Kier alpha value is -5.02. The predicted molar refractivity (Wildman–Crippen MR) is 334 cm³/mol. The minimum absolute atomic E-state index is 0.0262. The van der Waals surface area contributed by atoms with Crippen molar-refractivity contribution in [2.75, 3.05) is 0 Å². The molecule has 5 atom stereocenters. The predicted octanol–water partition coefficient (Wildman–Crippen LogP) is 20.2. The zero-order chi connectivity index (χ0) is 54.2. The van der Waals surface area contributed by atoms with Crippen LogP contribution < -0.4 is 0 Å². The molecule has 0 bridgehead atoms. The van der Waals surface area contributed by atoms with E-state index in [-0.39, 0.29) is 33.1 Å². The minimum atomic E-state index is -0.0721. The van der Waals surface area contributed by atoms with Crippen LogP contribution in [0.1, 0.15) is 191 Å². The van der Waals surface area contributed by atoms with Crippen molar-refractivity contribution in [1.29, 1.82) is 0 Å². The first kappa shape index (κ1) is 53.6. The topological polar surface area (TPSA) is 6.48 Å². The maximum atomic E-state index is 3.07. The molecule has 0 amide bonds. The fourth-order valence-electron chi connectivity index (χ4n) is 17.1. The fraction of sp³-hybridized carbons (Fsp3) is 0.520. The molecule has 2 nitrogen and oxygen atoms in total. The summed E-state index contributed by atoms with van der Waals surface area (Å²) in [5.41, 5.74) is 22.1. The molecule has 0 saturated carbocycles. The van der Waals surface area contributed by atoms with Gasteiger partial charge in [-0.25, -0.2) is 0 Å². The summed E-state index contributed by atoms with van der Waals surface area (Å²) in [6.45, 7) is 26.0. The van der Waals surface area contributed by atoms with E-state index in [9.17, 15) is 0 Å². The van der Waals surface area contributed by atoms with Crippen molar-refractivity contribution in [3.05, 3.63) is 212 Å². The maximum Gasteiger partial charge on any atom is 0.217 e. The molecule has 0 spiro atoms. The van der Waals surface area contributed by atoms with Crippen molar-refractivity contribution < 1.29 is 0 Å². The number of fused-ring (bicyclic) bond motifs is 4. The van der Waals surface area contributed by atoms with Crippen LogP contribution in [0.25, 0.3) is 0 Å². The Kier molecular flexibility index (Phi) is 14.3. The average molecular weight is 1040 g/mol. The minimum Gasteiger partial charge on any atom is -0.339 e. The van der Waals surface area contributed by atoms with Gasteiger partial charge < -0.3 is 9.80 Å². The third-order valence-corrected chi connectivity index (χ3v) is 22.6. The lowest BCUT2D eigenvalue weighted by atomic mass is 9.25. The molecule has 0 aromatic rings. The molecule has 3 heteroatoms. The fourth-order valence-corrected chi connectivity index (χ4v) is 17.1. The Bertz CT molecular complexity index is 3050. The third kappa shape index (κ3) is 9.34. The smallest absolute Gasteiger partial charge is 0.217 e. The van der Waals surface area contributed by atoms with E-state index < -0.39 is 0 Å². The van der Waals surface area contributed by atoms with Gasteiger partial charge >= 0.3 is 0 Å². The number of rotatable bonds is 12. The summed E-state index contributed by atoms with van der Waals surface area (Å²) in [6, 6.07) is 0.584. The van der Waals surface area contributed by atoms with Gasteiger partial charge in [0.05, 0.1) is 0 Å². The van der Waals surface area contributed by atoms with Gasteiger partial charge in [0.25, 0.3) is 0 Å². The molecular weight excluding hydrogens is 940 g/mol. The van der Waals surface area contributed by atoms with E-state index in [1.54, 1.807) is 44.6 Å². The van der Waals surface area contributed by atoms with Gasteiger partial charge in [-0.1, -0.05) is 225 Å². The van der Waals surface area contributed by atoms with Gasteiger partial charge in [-0.3, -0.25) is 0 Å². The molecule has 1 fully saturated rings. The van der Waals surface area contributed by atoms with Crippen LogP contribution >= 0.6 is 0 Å². The largest absolute Gasteiger partial charge is 0.339 e. The SMILES string of the molecule is CC(C)(C1=CCCC=C1)C1=CCCC(N2C3=CC(C(C)(C)C4=CC=CCC4)CC4=C3B(C3=CCC(C(C)(C)C5=CC=CCC5)CC3N4C3=CCCC(C(C)(C)C4=CCCC=C4)=C3)C3CCC(C(C)(C)C4=CCCC=C4)=CC32)=C1. The van der Waals surface area contributed by atoms with Crippen molar-refractivity contribution in [2.24, 2.45) is 38.9 Å². The Morgan fingerprint density at radius 2 is 1.09 bits per heavy atom. The van der Waals surface area contributed by atoms with Gasteiger partial charge in [0.1, 0.15) is 0 Å². The summed E-state index contributed by atoms with van der Waals surface area (Å²) < 4.78 is 0. The van der Waals surface area contributed by atoms with Crippen molar-refractivity contribution in [3.8, 4) is 0 Å². The molecule has 0 aromatic carbocycles. The standard InChI is InChI=1S/C75H95BN2/c1-71(2,52-28-16-11-17-29-52)57-38-26-40-62(46-57)77-66-48-59(73(5,6)54-32-20-13-21-33-54)42-44-64(66)76-65-45-43-60(74(7,8)55-34-22-14-23-35-55)49-67(65)78(63-41-27-39-58(47-63)72(3,4)53-30-18-12-19-31-53)69-51-61(50-68(77)70(69)76)75(9,10)56-36-24-15-25-37-56/h13,15-16,18,20,22,24,28-32,34-36,39-40,44,46-47,49,51,59,61,65-67H,11-12,14,17,19,21,23,25-27,33,37-38,41-43,45,48,50H2,1-10H3. The van der Waals surface area contributed by atoms with E-state index >= 15 is 0 Å². The highest BCUT2D eigenvalue weighted by Gasteiger charge is 2.58. The van der Waals surface area contributed by atoms with Gasteiger partial charge in [0.2, 0.25) is 6.71 Å². The molecule has 2 aliphatic heterocycles. The second-order valence-electron chi connectivity index (χ2n) is 28.4. The first-order chi connectivity index (χ1) is 37.5. The zero-order valence-electron chi connectivity index (χ0n) is 50.0. The molecular formula is C75H95BN2. The summed E-state index contributed by atoms with van der Waals surface area (Å²) in [6.07, 6.45) is 77.9. The highest BCUT2D eigenvalue weighted by atomic mass is 15.2. The van der Waals surface area contributed by atoms with Crippen LogP contribution in [0.3, 0.4) is 0 Å². The lowest BCUT2D eigenvalue weighted by Gasteiger charge is -2.60. The molecule has 12 rings (SSSR count). The van der Waals surface area contributed by atoms with Gasteiger partial charge in [-0.2, -0.15) is 0 Å². The van der Waals surface area contributed by atoms with Crippen molar-refractivity contribution >= 4 is 6.71 Å². The van der Waals surface area contributed by atoms with E-state index in [2.05, 4.69) is 213 Å². The monoisotopic (exact) mass is 1030 g/mol. The van der Waals surface area contributed by atoms with E-state index in [1.807, 2.05) is 0 Å². The zero-order valence-corrected chi connectivity index (χ0v) is 50.0. The summed E-state index contributed by atoms with van der Waals surface area (Å²) in [5.74, 6) is 1.37. The number of hydrogen-bond donors (Lipinski definition) is 0. The molecule has 0 N–H and O–H groups in total. The highest BCUT2D eigenvalue weighted by Crippen LogP contribution is 2.62. The molecule has 78 heavy (non-hydrogen) atoms. The van der Waals surface area contributed by atoms with Gasteiger partial charge in [-0.05, 0) is 184 Å². The molecule has 5 unspecified atom stereocenters. The van der Waals surface area contributed by atoms with Crippen LogP contribution in [0.5, 0.6) is 0 Å². The molecule has 10 aliphatic carbocycles. The van der Waals surface area contributed by atoms with Crippen LogP contribution in [0, 0.1) is 38.9 Å². The Balaban J connectivity index is 1.09. The normalized spacial score (nSPS) is 28.6. The highest BCUT2D eigenvalue weighted by molar-refractivity contribution is 6.77. The lowest BCUT2D eigenvalue weighted by molar-refractivity contribution is 0.173. The summed E-state index contributed by atoms with van der Waals surface area (Å²) in [4.78, 5) is 6.11. The molecule has 1 saturated heterocycles. The van der Waals surface area contributed by atoms with E-state index in [1.165, 1.54) is 52.9 Å². The van der Waals surface area contributed by atoms with E-state index in [0.29, 0.717) is 30.4 Å². The molecule has 12 aliphatic rings. The second kappa shape index (κ2) is 20.8.